The Morgan fingerprint density at radius 1 is 1.18 bits per heavy atom. The Bertz CT molecular complexity index is 1790. The highest BCUT2D eigenvalue weighted by atomic mass is 35.5. The Morgan fingerprint density at radius 3 is 2.79 bits per heavy atom. The molecule has 0 saturated heterocycles. The van der Waals surface area contributed by atoms with Crippen LogP contribution in [0.5, 0.6) is 5.75 Å². The highest BCUT2D eigenvalue weighted by Gasteiger charge is 2.49. The number of benzene rings is 1. The van der Waals surface area contributed by atoms with Crippen molar-refractivity contribution in [2.24, 2.45) is 0 Å². The summed E-state index contributed by atoms with van der Waals surface area (Å²) >= 11 is 5.89. The van der Waals surface area contributed by atoms with Gasteiger partial charge in [0.2, 0.25) is 5.91 Å². The standard InChI is InChI=1S/C25H17ClF2N8O2/c1-25(18-8-17(37)13(26)9-31-18)19-20(29)33-21(34-22(19)35-24(25)38)16-10-36-5-4-30-23(36)15(32-16)7-11-6-12(27)2-3-14(11)28/h2-6,8-10H,7H2,1H3,(H,31,37)(H3,29,33,34,35,38)/t25-/m1/s1. The number of nitrogens with zero attached hydrogens (tertiary/aromatic N) is 6. The van der Waals surface area contributed by atoms with Crippen molar-refractivity contribution in [1.82, 2.24) is 29.3 Å². The maximum absolute atomic E-state index is 14.4. The fourth-order valence-corrected chi connectivity index (χ4v) is 4.65. The number of rotatable bonds is 4. The summed E-state index contributed by atoms with van der Waals surface area (Å²) in [5, 5.41) is 12.8. The van der Waals surface area contributed by atoms with Crippen molar-refractivity contribution in [3.8, 4) is 17.3 Å². The van der Waals surface area contributed by atoms with Crippen LogP contribution in [0.25, 0.3) is 17.2 Å². The number of halogens is 3. The Hall–Kier alpha value is -4.71. The summed E-state index contributed by atoms with van der Waals surface area (Å²) < 4.78 is 29.8. The average molecular weight is 535 g/mol. The van der Waals surface area contributed by atoms with Gasteiger partial charge in [0, 0.05) is 37.3 Å². The summed E-state index contributed by atoms with van der Waals surface area (Å²) in [5.74, 6) is -1.63. The van der Waals surface area contributed by atoms with Gasteiger partial charge >= 0.3 is 0 Å². The first-order valence-electron chi connectivity index (χ1n) is 11.3. The minimum atomic E-state index is -1.40. The topological polar surface area (TPSA) is 144 Å². The number of aromatic nitrogens is 6. The van der Waals surface area contributed by atoms with Crippen molar-refractivity contribution >= 4 is 34.8 Å². The lowest BCUT2D eigenvalue weighted by Gasteiger charge is -2.22. The molecule has 0 aliphatic carbocycles. The van der Waals surface area contributed by atoms with Crippen LogP contribution in [-0.4, -0.2) is 40.3 Å². The van der Waals surface area contributed by atoms with E-state index in [2.05, 4.69) is 30.2 Å². The molecule has 1 aliphatic rings. The molecule has 4 N–H and O–H groups in total. The number of nitrogens with one attached hydrogen (secondary N) is 1. The van der Waals surface area contributed by atoms with Gasteiger partial charge < -0.3 is 20.6 Å². The molecule has 1 atom stereocenters. The number of imidazole rings is 1. The predicted octanol–water partition coefficient (Wildman–Crippen LogP) is 3.65. The summed E-state index contributed by atoms with van der Waals surface area (Å²) in [5.41, 5.74) is 6.61. The number of nitrogens with two attached hydrogens (primary N) is 1. The number of nitrogen functional groups attached to an aromatic ring is 1. The van der Waals surface area contributed by atoms with Crippen LogP contribution in [0.15, 0.2) is 49.1 Å². The number of fused-ring (bicyclic) bond motifs is 2. The van der Waals surface area contributed by atoms with E-state index in [0.717, 1.165) is 18.2 Å². The molecule has 4 aromatic heterocycles. The van der Waals surface area contributed by atoms with Crippen molar-refractivity contribution in [2.75, 3.05) is 11.1 Å². The first-order chi connectivity index (χ1) is 18.1. The minimum Gasteiger partial charge on any atom is -0.506 e. The van der Waals surface area contributed by atoms with E-state index in [9.17, 15) is 18.7 Å². The molecule has 0 spiro atoms. The normalized spacial score (nSPS) is 16.6. The molecule has 0 radical (unpaired) electrons. The van der Waals surface area contributed by atoms with E-state index in [1.54, 1.807) is 29.9 Å². The Kier molecular flexibility index (Phi) is 5.24. The molecular weight excluding hydrogens is 518 g/mol. The van der Waals surface area contributed by atoms with Crippen LogP contribution in [0.2, 0.25) is 5.02 Å². The summed E-state index contributed by atoms with van der Waals surface area (Å²) in [6.45, 7) is 1.59. The van der Waals surface area contributed by atoms with E-state index in [1.165, 1.54) is 12.3 Å². The van der Waals surface area contributed by atoms with E-state index in [0.29, 0.717) is 11.3 Å². The third-order valence-corrected chi connectivity index (χ3v) is 6.80. The fraction of sp³-hybridized carbons (Fsp3) is 0.120. The monoisotopic (exact) mass is 534 g/mol. The van der Waals surface area contributed by atoms with E-state index < -0.39 is 23.0 Å². The highest BCUT2D eigenvalue weighted by Crippen LogP contribution is 2.45. The maximum atomic E-state index is 14.4. The van der Waals surface area contributed by atoms with Gasteiger partial charge in [0.15, 0.2) is 11.5 Å². The second-order valence-electron chi connectivity index (χ2n) is 8.90. The molecule has 1 aromatic carbocycles. The second-order valence-corrected chi connectivity index (χ2v) is 9.31. The van der Waals surface area contributed by atoms with E-state index in [-0.39, 0.29) is 57.2 Å². The zero-order valence-electron chi connectivity index (χ0n) is 19.6. The number of amides is 1. The van der Waals surface area contributed by atoms with Crippen molar-refractivity contribution in [3.63, 3.8) is 0 Å². The average Bonchev–Trinajstić information content (AvgIpc) is 3.46. The number of anilines is 2. The Balaban J connectivity index is 1.47. The zero-order valence-corrected chi connectivity index (χ0v) is 20.3. The van der Waals surface area contributed by atoms with Crippen molar-refractivity contribution in [2.45, 2.75) is 18.8 Å². The number of aromatic hydroxyl groups is 1. The van der Waals surface area contributed by atoms with Gasteiger partial charge in [0.25, 0.3) is 0 Å². The van der Waals surface area contributed by atoms with Crippen LogP contribution in [0.1, 0.15) is 29.4 Å². The van der Waals surface area contributed by atoms with Gasteiger partial charge in [0.05, 0.1) is 17.0 Å². The quantitative estimate of drug-likeness (QED) is 0.317. The van der Waals surface area contributed by atoms with Crippen molar-refractivity contribution in [3.05, 3.63) is 88.2 Å². The fourth-order valence-electron chi connectivity index (χ4n) is 4.55. The lowest BCUT2D eigenvalue weighted by atomic mass is 9.80. The molecule has 5 heterocycles. The molecule has 5 aromatic rings. The van der Waals surface area contributed by atoms with Gasteiger partial charge in [-0.2, -0.15) is 0 Å². The predicted molar refractivity (Wildman–Crippen MR) is 134 cm³/mol. The molecule has 190 valence electrons. The Morgan fingerprint density at radius 2 is 2.00 bits per heavy atom. The first-order valence-corrected chi connectivity index (χ1v) is 11.6. The molecule has 0 saturated carbocycles. The largest absolute Gasteiger partial charge is 0.506 e. The number of carbonyl (C=O) groups is 1. The Labute approximate surface area is 218 Å². The van der Waals surface area contributed by atoms with Crippen LogP contribution in [0.4, 0.5) is 20.4 Å². The van der Waals surface area contributed by atoms with Gasteiger partial charge in [-0.25, -0.2) is 28.7 Å². The number of carbonyl (C=O) groups excluding carboxylic acids is 1. The molecule has 0 unspecified atom stereocenters. The highest BCUT2D eigenvalue weighted by molar-refractivity contribution is 6.31. The SMILES string of the molecule is C[C@]1(c2cc(O)c(Cl)cn2)C(=O)Nc2nc(-c3cn4ccnc4c(Cc4cc(F)ccc4F)n3)nc(N)c21. The van der Waals surface area contributed by atoms with Crippen LogP contribution in [0.3, 0.4) is 0 Å². The van der Waals surface area contributed by atoms with Gasteiger partial charge in [0.1, 0.15) is 45.2 Å². The zero-order chi connectivity index (χ0) is 26.8. The van der Waals surface area contributed by atoms with E-state index >= 15 is 0 Å². The maximum Gasteiger partial charge on any atom is 0.242 e. The smallest absolute Gasteiger partial charge is 0.242 e. The van der Waals surface area contributed by atoms with Crippen LogP contribution < -0.4 is 11.1 Å². The molecule has 1 aliphatic heterocycles. The van der Waals surface area contributed by atoms with E-state index in [1.807, 2.05) is 0 Å². The number of hydrogen-bond donors (Lipinski definition) is 3. The molecular formula is C25H17ClF2N8O2. The van der Waals surface area contributed by atoms with E-state index in [4.69, 9.17) is 17.3 Å². The van der Waals surface area contributed by atoms with Crippen molar-refractivity contribution < 1.29 is 18.7 Å². The van der Waals surface area contributed by atoms with Gasteiger partial charge in [-0.1, -0.05) is 11.6 Å². The molecule has 13 heteroatoms. The molecule has 0 fully saturated rings. The molecule has 1 amide bonds. The first kappa shape index (κ1) is 23.7. The lowest BCUT2D eigenvalue weighted by molar-refractivity contribution is -0.119. The van der Waals surface area contributed by atoms with Gasteiger partial charge in [-0.3, -0.25) is 9.78 Å². The molecule has 10 nitrogen and oxygen atoms in total. The lowest BCUT2D eigenvalue weighted by Crippen LogP contribution is -2.33. The summed E-state index contributed by atoms with van der Waals surface area (Å²) in [7, 11) is 0. The molecule has 0 bridgehead atoms. The number of pyridine rings is 1. The molecule has 38 heavy (non-hydrogen) atoms. The number of hydrogen-bond acceptors (Lipinski definition) is 8. The van der Waals surface area contributed by atoms with Crippen LogP contribution >= 0.6 is 11.6 Å². The minimum absolute atomic E-state index is 0.00709. The van der Waals surface area contributed by atoms with Crippen molar-refractivity contribution in [1.29, 1.82) is 0 Å². The summed E-state index contributed by atoms with van der Waals surface area (Å²) in [4.78, 5) is 35.1. The summed E-state index contributed by atoms with van der Waals surface area (Å²) in [6.07, 6.45) is 6.02. The third-order valence-electron chi connectivity index (χ3n) is 6.51. The third kappa shape index (κ3) is 3.60. The molecule has 6 rings (SSSR count). The van der Waals surface area contributed by atoms with Gasteiger partial charge in [-0.15, -0.1) is 0 Å². The summed E-state index contributed by atoms with van der Waals surface area (Å²) in [6, 6.07) is 4.48. The second kappa shape index (κ2) is 8.42. The van der Waals surface area contributed by atoms with Gasteiger partial charge in [-0.05, 0) is 30.7 Å². The van der Waals surface area contributed by atoms with Crippen LogP contribution in [-0.2, 0) is 16.6 Å². The van der Waals surface area contributed by atoms with Crippen LogP contribution in [0, 0.1) is 11.6 Å².